The maximum Gasteiger partial charge on any atom is 0.298 e. The molecule has 5 heteroatoms. The fraction of sp³-hybridized carbons (Fsp3) is 0.154. The number of anilines is 1. The number of thioether (sulfide) groups is 1. The molecule has 0 aromatic heterocycles. The summed E-state index contributed by atoms with van der Waals surface area (Å²) in [6.07, 6.45) is 1.74. The zero-order valence-corrected chi connectivity index (χ0v) is 18.5. The van der Waals surface area contributed by atoms with Crippen LogP contribution in [0.15, 0.2) is 71.6 Å². The highest BCUT2D eigenvalue weighted by atomic mass is 32.2. The average Bonchev–Trinajstić information content (AvgIpc) is 3.03. The maximum absolute atomic E-state index is 13.1. The summed E-state index contributed by atoms with van der Waals surface area (Å²) in [5.74, 6) is 0.360. The van der Waals surface area contributed by atoms with Gasteiger partial charge < -0.3 is 4.74 Å². The topological polar surface area (TPSA) is 46.6 Å². The minimum atomic E-state index is -0.308. The van der Waals surface area contributed by atoms with Gasteiger partial charge in [0.2, 0.25) is 0 Å². The van der Waals surface area contributed by atoms with E-state index in [1.54, 1.807) is 6.08 Å². The summed E-state index contributed by atoms with van der Waals surface area (Å²) < 4.78 is 6.02. The molecule has 2 amide bonds. The first-order chi connectivity index (χ1) is 14.9. The van der Waals surface area contributed by atoms with Crippen LogP contribution in [0, 0.1) is 20.8 Å². The number of rotatable bonds is 5. The molecule has 3 aromatic rings. The first-order valence-electron chi connectivity index (χ1n) is 10.0. The van der Waals surface area contributed by atoms with Gasteiger partial charge in [-0.1, -0.05) is 60.2 Å². The molecule has 1 aliphatic rings. The molecule has 0 spiro atoms. The Bertz CT molecular complexity index is 1180. The third-order valence-corrected chi connectivity index (χ3v) is 5.99. The van der Waals surface area contributed by atoms with Gasteiger partial charge in [-0.2, -0.15) is 0 Å². The van der Waals surface area contributed by atoms with Crippen molar-refractivity contribution in [2.75, 3.05) is 4.90 Å². The molecule has 4 rings (SSSR count). The van der Waals surface area contributed by atoms with Crippen molar-refractivity contribution in [3.05, 3.63) is 99.5 Å². The van der Waals surface area contributed by atoms with E-state index in [1.807, 2.05) is 87.5 Å². The van der Waals surface area contributed by atoms with Gasteiger partial charge in [0.1, 0.15) is 12.4 Å². The van der Waals surface area contributed by atoms with E-state index < -0.39 is 0 Å². The Labute approximate surface area is 186 Å². The predicted molar refractivity (Wildman–Crippen MR) is 126 cm³/mol. The lowest BCUT2D eigenvalue weighted by Crippen LogP contribution is -2.28. The minimum absolute atomic E-state index is 0.289. The third kappa shape index (κ3) is 4.57. The number of carbonyl (C=O) groups is 2. The second-order valence-electron chi connectivity index (χ2n) is 7.62. The summed E-state index contributed by atoms with van der Waals surface area (Å²) in [6, 6.07) is 21.5. The van der Waals surface area contributed by atoms with E-state index in [4.69, 9.17) is 4.74 Å². The van der Waals surface area contributed by atoms with E-state index >= 15 is 0 Å². The van der Waals surface area contributed by atoms with E-state index in [0.29, 0.717) is 22.9 Å². The van der Waals surface area contributed by atoms with Crippen LogP contribution in [0.5, 0.6) is 5.75 Å². The van der Waals surface area contributed by atoms with Gasteiger partial charge in [-0.25, -0.2) is 4.90 Å². The van der Waals surface area contributed by atoms with Crippen LogP contribution in [0.25, 0.3) is 6.08 Å². The van der Waals surface area contributed by atoms with E-state index in [9.17, 15) is 9.59 Å². The zero-order valence-electron chi connectivity index (χ0n) is 17.7. The normalized spacial score (nSPS) is 15.1. The van der Waals surface area contributed by atoms with Gasteiger partial charge >= 0.3 is 0 Å². The van der Waals surface area contributed by atoms with Crippen LogP contribution in [0.2, 0.25) is 0 Å². The van der Waals surface area contributed by atoms with Crippen molar-refractivity contribution < 1.29 is 14.3 Å². The quantitative estimate of drug-likeness (QED) is 0.438. The zero-order chi connectivity index (χ0) is 22.0. The standard InChI is InChI=1S/C26H23NO3S/c1-17-9-12-20(13-10-17)16-30-23-7-5-4-6-21(23)15-24-25(28)27(26(29)31-24)22-14-18(2)8-11-19(22)3/h4-15H,16H2,1-3H3/b24-15-. The molecule has 0 atom stereocenters. The molecule has 1 fully saturated rings. The summed E-state index contributed by atoms with van der Waals surface area (Å²) in [7, 11) is 0. The van der Waals surface area contributed by atoms with Crippen molar-refractivity contribution in [2.45, 2.75) is 27.4 Å². The maximum atomic E-state index is 13.1. The largest absolute Gasteiger partial charge is 0.488 e. The van der Waals surface area contributed by atoms with Gasteiger partial charge in [-0.3, -0.25) is 9.59 Å². The van der Waals surface area contributed by atoms with Crippen molar-refractivity contribution in [1.82, 2.24) is 0 Å². The Morgan fingerprint density at radius 2 is 1.61 bits per heavy atom. The van der Waals surface area contributed by atoms with E-state index in [-0.39, 0.29) is 11.1 Å². The van der Waals surface area contributed by atoms with Crippen LogP contribution in [0.4, 0.5) is 10.5 Å². The number of hydrogen-bond acceptors (Lipinski definition) is 4. The van der Waals surface area contributed by atoms with Crippen molar-refractivity contribution in [2.24, 2.45) is 0 Å². The fourth-order valence-electron chi connectivity index (χ4n) is 3.35. The monoisotopic (exact) mass is 429 g/mol. The van der Waals surface area contributed by atoms with Crippen LogP contribution >= 0.6 is 11.8 Å². The van der Waals surface area contributed by atoms with Crippen molar-refractivity contribution in [3.63, 3.8) is 0 Å². The van der Waals surface area contributed by atoms with Crippen molar-refractivity contribution in [1.29, 1.82) is 0 Å². The first-order valence-corrected chi connectivity index (χ1v) is 10.9. The summed E-state index contributed by atoms with van der Waals surface area (Å²) in [5, 5.41) is -0.289. The molecule has 4 nitrogen and oxygen atoms in total. The number of ether oxygens (including phenoxy) is 1. The van der Waals surface area contributed by atoms with E-state index in [0.717, 1.165) is 34.0 Å². The van der Waals surface area contributed by atoms with Gasteiger partial charge in [-0.05, 0) is 67.4 Å². The number of hydrogen-bond donors (Lipinski definition) is 0. The lowest BCUT2D eigenvalue weighted by Gasteiger charge is -2.16. The van der Waals surface area contributed by atoms with Crippen LogP contribution in [-0.2, 0) is 11.4 Å². The lowest BCUT2D eigenvalue weighted by atomic mass is 10.1. The SMILES string of the molecule is Cc1ccc(COc2ccccc2/C=C2\SC(=O)N(c3cc(C)ccc3C)C2=O)cc1. The lowest BCUT2D eigenvalue weighted by molar-refractivity contribution is -0.113. The number of imide groups is 1. The van der Waals surface area contributed by atoms with E-state index in [2.05, 4.69) is 0 Å². The Hall–Kier alpha value is -3.31. The third-order valence-electron chi connectivity index (χ3n) is 5.12. The molecular formula is C26H23NO3S. The van der Waals surface area contributed by atoms with Gasteiger partial charge in [-0.15, -0.1) is 0 Å². The average molecular weight is 430 g/mol. The number of nitrogens with zero attached hydrogens (tertiary/aromatic N) is 1. The summed E-state index contributed by atoms with van der Waals surface area (Å²) in [5.41, 5.74) is 5.55. The molecule has 3 aromatic carbocycles. The smallest absolute Gasteiger partial charge is 0.298 e. The minimum Gasteiger partial charge on any atom is -0.488 e. The van der Waals surface area contributed by atoms with Gasteiger partial charge in [0.15, 0.2) is 0 Å². The Morgan fingerprint density at radius 1 is 0.903 bits per heavy atom. The Morgan fingerprint density at radius 3 is 2.39 bits per heavy atom. The van der Waals surface area contributed by atoms with Crippen LogP contribution in [-0.4, -0.2) is 11.1 Å². The number of aryl methyl sites for hydroxylation is 3. The Balaban J connectivity index is 1.59. The second-order valence-corrected chi connectivity index (χ2v) is 8.61. The molecule has 0 unspecified atom stereocenters. The summed E-state index contributed by atoms with van der Waals surface area (Å²) in [4.78, 5) is 27.4. The molecular weight excluding hydrogens is 406 g/mol. The highest BCUT2D eigenvalue weighted by Gasteiger charge is 2.37. The van der Waals surface area contributed by atoms with Crippen LogP contribution < -0.4 is 9.64 Å². The van der Waals surface area contributed by atoms with Crippen molar-refractivity contribution >= 4 is 34.7 Å². The Kier molecular flexibility index (Phi) is 5.96. The highest BCUT2D eigenvalue weighted by molar-refractivity contribution is 8.19. The first kappa shape index (κ1) is 20.9. The van der Waals surface area contributed by atoms with Gasteiger partial charge in [0.05, 0.1) is 10.6 Å². The molecule has 1 heterocycles. The molecule has 0 aliphatic carbocycles. The summed E-state index contributed by atoms with van der Waals surface area (Å²) >= 11 is 0.954. The molecule has 0 radical (unpaired) electrons. The molecule has 1 aliphatic heterocycles. The van der Waals surface area contributed by atoms with Gasteiger partial charge in [0, 0.05) is 5.56 Å². The van der Waals surface area contributed by atoms with E-state index in [1.165, 1.54) is 10.5 Å². The molecule has 1 saturated heterocycles. The van der Waals surface area contributed by atoms with Crippen molar-refractivity contribution in [3.8, 4) is 5.75 Å². The molecule has 156 valence electrons. The number of benzene rings is 3. The summed E-state index contributed by atoms with van der Waals surface area (Å²) in [6.45, 7) is 6.32. The van der Waals surface area contributed by atoms with Crippen LogP contribution in [0.1, 0.15) is 27.8 Å². The molecule has 31 heavy (non-hydrogen) atoms. The highest BCUT2D eigenvalue weighted by Crippen LogP contribution is 2.38. The number of amides is 2. The van der Waals surface area contributed by atoms with Crippen LogP contribution in [0.3, 0.4) is 0 Å². The van der Waals surface area contributed by atoms with Gasteiger partial charge in [0.25, 0.3) is 11.1 Å². The molecule has 0 N–H and O–H groups in total. The second kappa shape index (κ2) is 8.82. The molecule has 0 saturated carbocycles. The molecule has 0 bridgehead atoms. The number of para-hydroxylation sites is 1. The number of carbonyl (C=O) groups excluding carboxylic acids is 2. The fourth-order valence-corrected chi connectivity index (χ4v) is 4.18. The predicted octanol–water partition coefficient (Wildman–Crippen LogP) is 6.43.